The average molecular weight is 565 g/mol. The molecule has 1 unspecified atom stereocenters. The van der Waals surface area contributed by atoms with Gasteiger partial charge in [-0.05, 0) is 42.2 Å². The zero-order chi connectivity index (χ0) is 29.4. The highest BCUT2D eigenvalue weighted by atomic mass is 19.4. The number of hydrogen-bond donors (Lipinski definition) is 1. The molecule has 0 fully saturated rings. The van der Waals surface area contributed by atoms with Crippen molar-refractivity contribution in [2.75, 3.05) is 33.3 Å². The van der Waals surface area contributed by atoms with Gasteiger partial charge in [0.15, 0.2) is 6.54 Å². The number of quaternary nitrogens is 1. The number of alkyl halides is 3. The molecule has 0 spiro atoms. The zero-order valence-electron chi connectivity index (χ0n) is 24.0. The van der Waals surface area contributed by atoms with Gasteiger partial charge in [0.05, 0.1) is 13.6 Å². The molecule has 0 saturated carbocycles. The third-order valence-corrected chi connectivity index (χ3v) is 7.27. The van der Waals surface area contributed by atoms with E-state index in [2.05, 4.69) is 6.92 Å². The quantitative estimate of drug-likeness (QED) is 0.101. The van der Waals surface area contributed by atoms with E-state index in [1.54, 1.807) is 0 Å². The standard InChI is InChI=1S/C32H44F3NO4/c1-3-4-5-6-7-8-9-10-11-15-20-36(2,25-30(37)38)21-22-40-29-19-18-27(31(39)32(33,34)35)24-28(29)23-26-16-13-12-14-17-26/h12-14,16-19,24H,3-11,15,20-23,25H2,1-2H3/p+1. The van der Waals surface area contributed by atoms with E-state index in [4.69, 9.17) is 4.74 Å². The third-order valence-electron chi connectivity index (χ3n) is 7.27. The van der Waals surface area contributed by atoms with E-state index < -0.39 is 23.5 Å². The van der Waals surface area contributed by atoms with Crippen LogP contribution < -0.4 is 4.74 Å². The Kier molecular flexibility index (Phi) is 14.2. The second-order valence-electron chi connectivity index (χ2n) is 11.0. The number of unbranched alkanes of at least 4 members (excludes halogenated alkanes) is 9. The second-order valence-corrected chi connectivity index (χ2v) is 11.0. The van der Waals surface area contributed by atoms with Crippen LogP contribution in [0.3, 0.4) is 0 Å². The molecule has 0 aliphatic heterocycles. The van der Waals surface area contributed by atoms with Gasteiger partial charge in [-0.25, -0.2) is 4.79 Å². The number of ketones is 1. The van der Waals surface area contributed by atoms with Gasteiger partial charge in [0, 0.05) is 12.0 Å². The van der Waals surface area contributed by atoms with Gasteiger partial charge in [0.2, 0.25) is 0 Å². The predicted molar refractivity (Wildman–Crippen MR) is 152 cm³/mol. The van der Waals surface area contributed by atoms with Gasteiger partial charge in [-0.1, -0.05) is 88.6 Å². The lowest BCUT2D eigenvalue weighted by Crippen LogP contribution is -2.50. The van der Waals surface area contributed by atoms with Crippen LogP contribution in [0.5, 0.6) is 5.75 Å². The number of ether oxygens (including phenoxy) is 1. The Morgan fingerprint density at radius 1 is 0.850 bits per heavy atom. The SMILES string of the molecule is CCCCCCCCCCCC[N+](C)(CCOc1ccc(C(=O)C(F)(F)F)cc1Cc1ccccc1)CC(=O)O. The van der Waals surface area contributed by atoms with Crippen LogP contribution in [0.1, 0.15) is 92.6 Å². The van der Waals surface area contributed by atoms with Crippen molar-refractivity contribution in [3.05, 3.63) is 65.2 Å². The molecule has 2 rings (SSSR count). The van der Waals surface area contributed by atoms with E-state index in [0.29, 0.717) is 35.3 Å². The molecule has 0 aliphatic rings. The maximum absolute atomic E-state index is 13.0. The fraction of sp³-hybridized carbons (Fsp3) is 0.562. The Morgan fingerprint density at radius 3 is 2.02 bits per heavy atom. The van der Waals surface area contributed by atoms with Crippen molar-refractivity contribution in [3.8, 4) is 5.75 Å². The number of nitrogens with zero attached hydrogens (tertiary/aromatic N) is 1. The van der Waals surface area contributed by atoms with Crippen molar-refractivity contribution >= 4 is 11.8 Å². The summed E-state index contributed by atoms with van der Waals surface area (Å²) in [5.41, 5.74) is 0.915. The lowest BCUT2D eigenvalue weighted by Gasteiger charge is -2.33. The molecule has 8 heteroatoms. The first-order valence-corrected chi connectivity index (χ1v) is 14.5. The molecule has 40 heavy (non-hydrogen) atoms. The summed E-state index contributed by atoms with van der Waals surface area (Å²) in [6.45, 7) is 3.54. The van der Waals surface area contributed by atoms with Crippen molar-refractivity contribution in [1.82, 2.24) is 0 Å². The number of likely N-dealkylation sites (N-methyl/N-ethyl adjacent to an activating group) is 1. The van der Waals surface area contributed by atoms with Crippen LogP contribution in [0.25, 0.3) is 0 Å². The van der Waals surface area contributed by atoms with Crippen LogP contribution in [0, 0.1) is 0 Å². The van der Waals surface area contributed by atoms with E-state index in [9.17, 15) is 27.9 Å². The van der Waals surface area contributed by atoms with Gasteiger partial charge in [0.25, 0.3) is 5.78 Å². The van der Waals surface area contributed by atoms with E-state index in [1.807, 2.05) is 37.4 Å². The molecule has 222 valence electrons. The van der Waals surface area contributed by atoms with Crippen LogP contribution in [0.2, 0.25) is 0 Å². The normalized spacial score (nSPS) is 13.1. The summed E-state index contributed by atoms with van der Waals surface area (Å²) in [6, 6.07) is 13.0. The molecule has 0 amide bonds. The summed E-state index contributed by atoms with van der Waals surface area (Å²) in [6.07, 6.45) is 7.36. The number of carbonyl (C=O) groups excluding carboxylic acids is 1. The van der Waals surface area contributed by atoms with Gasteiger partial charge in [-0.2, -0.15) is 13.2 Å². The number of carboxylic acid groups (broad SMARTS) is 1. The first-order valence-electron chi connectivity index (χ1n) is 14.5. The van der Waals surface area contributed by atoms with Gasteiger partial charge in [0.1, 0.15) is 18.9 Å². The number of rotatable bonds is 20. The highest BCUT2D eigenvalue weighted by molar-refractivity contribution is 6.00. The number of aliphatic carboxylic acids is 1. The molecule has 0 heterocycles. The fourth-order valence-electron chi connectivity index (χ4n) is 4.93. The minimum Gasteiger partial charge on any atom is -0.487 e. The molecule has 0 bridgehead atoms. The molecule has 5 nitrogen and oxygen atoms in total. The Morgan fingerprint density at radius 2 is 1.45 bits per heavy atom. The van der Waals surface area contributed by atoms with Crippen LogP contribution >= 0.6 is 0 Å². The van der Waals surface area contributed by atoms with E-state index in [1.165, 1.54) is 57.1 Å². The molecule has 0 aliphatic carbocycles. The number of Topliss-reactive ketones (excluding diaryl/α,β-unsaturated/α-hetero) is 1. The Labute approximate surface area is 236 Å². The first kappa shape index (κ1) is 33.3. The molecular weight excluding hydrogens is 519 g/mol. The Hall–Kier alpha value is -2.87. The summed E-state index contributed by atoms with van der Waals surface area (Å²) in [7, 11) is 1.90. The van der Waals surface area contributed by atoms with Crippen molar-refractivity contribution < 1.29 is 37.1 Å². The minimum absolute atomic E-state index is 0.0311. The molecular formula is C32H45F3NO4+. The van der Waals surface area contributed by atoms with E-state index >= 15 is 0 Å². The van der Waals surface area contributed by atoms with Gasteiger partial charge in [-0.15, -0.1) is 0 Å². The second kappa shape index (κ2) is 17.1. The smallest absolute Gasteiger partial charge is 0.454 e. The largest absolute Gasteiger partial charge is 0.487 e. The van der Waals surface area contributed by atoms with Crippen molar-refractivity contribution in [2.45, 2.75) is 83.7 Å². The third kappa shape index (κ3) is 12.5. The summed E-state index contributed by atoms with van der Waals surface area (Å²) in [5.74, 6) is -2.38. The lowest BCUT2D eigenvalue weighted by atomic mass is 10.00. The maximum atomic E-state index is 13.0. The topological polar surface area (TPSA) is 63.6 Å². The van der Waals surface area contributed by atoms with Gasteiger partial charge < -0.3 is 14.3 Å². The fourth-order valence-corrected chi connectivity index (χ4v) is 4.93. The number of benzene rings is 2. The van der Waals surface area contributed by atoms with Crippen LogP contribution in [0.4, 0.5) is 13.2 Å². The predicted octanol–water partition coefficient (Wildman–Crippen LogP) is 7.85. The molecule has 2 aromatic rings. The van der Waals surface area contributed by atoms with Crippen LogP contribution in [-0.2, 0) is 11.2 Å². The van der Waals surface area contributed by atoms with E-state index in [-0.39, 0.29) is 13.2 Å². The highest BCUT2D eigenvalue weighted by Crippen LogP contribution is 2.28. The molecule has 1 atom stereocenters. The Balaban J connectivity index is 1.97. The van der Waals surface area contributed by atoms with E-state index in [0.717, 1.165) is 30.9 Å². The van der Waals surface area contributed by atoms with Crippen LogP contribution in [0.15, 0.2) is 48.5 Å². The maximum Gasteiger partial charge on any atom is 0.454 e. The van der Waals surface area contributed by atoms with Gasteiger partial charge >= 0.3 is 12.1 Å². The number of carboxylic acids is 1. The molecule has 0 radical (unpaired) electrons. The Bertz CT molecular complexity index is 1040. The molecule has 0 aromatic heterocycles. The van der Waals surface area contributed by atoms with Crippen LogP contribution in [-0.4, -0.2) is 60.8 Å². The van der Waals surface area contributed by atoms with Crippen molar-refractivity contribution in [3.63, 3.8) is 0 Å². The highest BCUT2D eigenvalue weighted by Gasteiger charge is 2.39. The summed E-state index contributed by atoms with van der Waals surface area (Å²) in [4.78, 5) is 23.4. The molecule has 1 N–H and O–H groups in total. The molecule has 0 saturated heterocycles. The summed E-state index contributed by atoms with van der Waals surface area (Å²) < 4.78 is 45.5. The lowest BCUT2D eigenvalue weighted by molar-refractivity contribution is -0.902. The van der Waals surface area contributed by atoms with Crippen molar-refractivity contribution in [2.24, 2.45) is 0 Å². The van der Waals surface area contributed by atoms with Gasteiger partial charge in [-0.3, -0.25) is 4.79 Å². The number of halogens is 3. The monoisotopic (exact) mass is 564 g/mol. The number of hydrogen-bond acceptors (Lipinski definition) is 3. The summed E-state index contributed by atoms with van der Waals surface area (Å²) >= 11 is 0. The average Bonchev–Trinajstić information content (AvgIpc) is 2.90. The number of carbonyl (C=O) groups is 2. The zero-order valence-corrected chi connectivity index (χ0v) is 24.0. The minimum atomic E-state index is -4.96. The first-order chi connectivity index (χ1) is 19.0. The summed E-state index contributed by atoms with van der Waals surface area (Å²) in [5, 5.41) is 9.50. The van der Waals surface area contributed by atoms with Crippen molar-refractivity contribution in [1.29, 1.82) is 0 Å². The molecule has 2 aromatic carbocycles.